The zero-order chi connectivity index (χ0) is 14.5. The van der Waals surface area contributed by atoms with Crippen LogP contribution in [0.25, 0.3) is 0 Å². The molecule has 2 heterocycles. The molecule has 1 N–H and O–H groups in total. The van der Waals surface area contributed by atoms with Gasteiger partial charge >= 0.3 is 0 Å². The number of aryl methyl sites for hydroxylation is 1. The molecule has 0 fully saturated rings. The predicted molar refractivity (Wildman–Crippen MR) is 79.0 cm³/mol. The van der Waals surface area contributed by atoms with Gasteiger partial charge in [-0.15, -0.1) is 11.3 Å². The van der Waals surface area contributed by atoms with Crippen molar-refractivity contribution in [2.75, 3.05) is 6.54 Å². The second-order valence-electron chi connectivity index (χ2n) is 4.56. The Kier molecular flexibility index (Phi) is 4.68. The van der Waals surface area contributed by atoms with Crippen LogP contribution in [0, 0.1) is 13.8 Å². The second kappa shape index (κ2) is 6.47. The first-order valence-corrected chi connectivity index (χ1v) is 7.27. The van der Waals surface area contributed by atoms with E-state index >= 15 is 0 Å². The first-order valence-electron chi connectivity index (χ1n) is 6.39. The summed E-state index contributed by atoms with van der Waals surface area (Å²) in [5, 5.41) is 4.76. The summed E-state index contributed by atoms with van der Waals surface area (Å²) in [5.41, 5.74) is 1.34. The summed E-state index contributed by atoms with van der Waals surface area (Å²) in [4.78, 5) is 28.8. The topological polar surface area (TPSA) is 64.0 Å². The number of carbonyl (C=O) groups is 1. The van der Waals surface area contributed by atoms with Crippen LogP contribution in [-0.2, 0) is 17.8 Å². The minimum absolute atomic E-state index is 0.0303. The lowest BCUT2D eigenvalue weighted by molar-refractivity contribution is -0.120. The highest BCUT2D eigenvalue weighted by Gasteiger charge is 2.06. The van der Waals surface area contributed by atoms with Crippen LogP contribution in [0.4, 0.5) is 0 Å². The van der Waals surface area contributed by atoms with Gasteiger partial charge in [0, 0.05) is 29.2 Å². The quantitative estimate of drug-likeness (QED) is 0.902. The van der Waals surface area contributed by atoms with Gasteiger partial charge in [-0.25, -0.2) is 4.98 Å². The molecule has 5 nitrogen and oxygen atoms in total. The second-order valence-corrected chi connectivity index (χ2v) is 5.59. The molecule has 2 aromatic rings. The zero-order valence-corrected chi connectivity index (χ0v) is 12.4. The summed E-state index contributed by atoms with van der Waals surface area (Å²) >= 11 is 1.56. The molecule has 106 valence electrons. The largest absolute Gasteiger partial charge is 0.354 e. The van der Waals surface area contributed by atoms with Gasteiger partial charge in [-0.1, -0.05) is 6.07 Å². The number of hydrogen-bond acceptors (Lipinski definition) is 4. The van der Waals surface area contributed by atoms with Crippen molar-refractivity contribution < 1.29 is 4.79 Å². The molecule has 0 atom stereocenters. The lowest BCUT2D eigenvalue weighted by Crippen LogP contribution is -2.32. The summed E-state index contributed by atoms with van der Waals surface area (Å²) < 4.78 is 1.52. The van der Waals surface area contributed by atoms with E-state index in [4.69, 9.17) is 0 Å². The summed E-state index contributed by atoms with van der Waals surface area (Å²) in [6.07, 6.45) is 1.91. The summed E-state index contributed by atoms with van der Waals surface area (Å²) in [6, 6.07) is 3.86. The first kappa shape index (κ1) is 14.5. The molecule has 0 aromatic carbocycles. The average molecular weight is 291 g/mol. The minimum Gasteiger partial charge on any atom is -0.354 e. The Labute approximate surface area is 121 Å². The van der Waals surface area contributed by atoms with Crippen LogP contribution in [0.2, 0.25) is 0 Å². The van der Waals surface area contributed by atoms with Crippen molar-refractivity contribution in [1.29, 1.82) is 0 Å². The third-order valence-electron chi connectivity index (χ3n) is 3.10. The maximum absolute atomic E-state index is 11.9. The van der Waals surface area contributed by atoms with Gasteiger partial charge in [0.15, 0.2) is 0 Å². The number of hydrogen-bond donors (Lipinski definition) is 1. The average Bonchev–Trinajstić information content (AvgIpc) is 2.91. The Balaban J connectivity index is 1.86. The van der Waals surface area contributed by atoms with Crippen molar-refractivity contribution in [1.82, 2.24) is 14.9 Å². The molecule has 0 aliphatic carbocycles. The Morgan fingerprint density at radius 2 is 2.25 bits per heavy atom. The van der Waals surface area contributed by atoms with Crippen LogP contribution in [0.3, 0.4) is 0 Å². The fourth-order valence-corrected chi connectivity index (χ4v) is 2.49. The van der Waals surface area contributed by atoms with Crippen molar-refractivity contribution >= 4 is 17.2 Å². The van der Waals surface area contributed by atoms with E-state index in [1.165, 1.54) is 10.9 Å². The molecule has 0 aliphatic rings. The Hall–Kier alpha value is -1.95. The highest BCUT2D eigenvalue weighted by atomic mass is 32.1. The maximum Gasteiger partial charge on any atom is 0.256 e. The van der Waals surface area contributed by atoms with Gasteiger partial charge in [0.25, 0.3) is 5.56 Å². The van der Waals surface area contributed by atoms with Crippen molar-refractivity contribution in [2.45, 2.75) is 26.8 Å². The van der Waals surface area contributed by atoms with Gasteiger partial charge in [-0.05, 0) is 25.3 Å². The van der Waals surface area contributed by atoms with Crippen molar-refractivity contribution in [3.63, 3.8) is 0 Å². The fraction of sp³-hybridized carbons (Fsp3) is 0.357. The highest BCUT2D eigenvalue weighted by molar-refractivity contribution is 7.10. The molecule has 0 spiro atoms. The zero-order valence-electron chi connectivity index (χ0n) is 11.5. The number of aromatic nitrogens is 2. The normalized spacial score (nSPS) is 10.5. The number of nitrogens with zero attached hydrogens (tertiary/aromatic N) is 2. The molecular formula is C14H17N3O2S. The number of thiophene rings is 1. The van der Waals surface area contributed by atoms with Crippen molar-refractivity contribution in [3.8, 4) is 0 Å². The van der Waals surface area contributed by atoms with Crippen LogP contribution in [0.1, 0.15) is 16.1 Å². The monoisotopic (exact) mass is 291 g/mol. The van der Waals surface area contributed by atoms with Crippen LogP contribution in [0.15, 0.2) is 28.6 Å². The lowest BCUT2D eigenvalue weighted by atomic mass is 10.3. The molecule has 0 unspecified atom stereocenters. The fourth-order valence-electron chi connectivity index (χ4n) is 1.78. The van der Waals surface area contributed by atoms with E-state index in [0.29, 0.717) is 25.1 Å². The molecule has 20 heavy (non-hydrogen) atoms. The van der Waals surface area contributed by atoms with E-state index < -0.39 is 0 Å². The van der Waals surface area contributed by atoms with Gasteiger partial charge in [0.2, 0.25) is 5.91 Å². The lowest BCUT2D eigenvalue weighted by Gasteiger charge is -2.08. The molecule has 0 bridgehead atoms. The van der Waals surface area contributed by atoms with E-state index in [1.54, 1.807) is 18.3 Å². The van der Waals surface area contributed by atoms with E-state index in [2.05, 4.69) is 10.3 Å². The molecule has 0 saturated carbocycles. The van der Waals surface area contributed by atoms with Gasteiger partial charge in [0.1, 0.15) is 0 Å². The van der Waals surface area contributed by atoms with E-state index in [0.717, 1.165) is 10.6 Å². The Bertz CT molecular complexity index is 647. The van der Waals surface area contributed by atoms with E-state index in [1.807, 2.05) is 24.4 Å². The van der Waals surface area contributed by atoms with E-state index in [9.17, 15) is 9.59 Å². The number of nitrogens with one attached hydrogen (secondary N) is 1. The maximum atomic E-state index is 11.9. The standard InChI is InChI=1S/C14H17N3O2S/c1-10-11(2)16-9-17(14(10)19)6-5-15-13(18)8-12-4-3-7-20-12/h3-4,7,9H,5-6,8H2,1-2H3,(H,15,18). The van der Waals surface area contributed by atoms with Crippen LogP contribution >= 0.6 is 11.3 Å². The van der Waals surface area contributed by atoms with Crippen molar-refractivity contribution in [2.24, 2.45) is 0 Å². The molecule has 6 heteroatoms. The molecule has 0 aliphatic heterocycles. The van der Waals surface area contributed by atoms with Gasteiger partial charge < -0.3 is 5.32 Å². The molecular weight excluding hydrogens is 274 g/mol. The number of carbonyl (C=O) groups excluding carboxylic acids is 1. The molecule has 2 rings (SSSR count). The third-order valence-corrected chi connectivity index (χ3v) is 3.98. The Morgan fingerprint density at radius 3 is 2.95 bits per heavy atom. The van der Waals surface area contributed by atoms with Gasteiger partial charge in [-0.3, -0.25) is 14.2 Å². The first-order chi connectivity index (χ1) is 9.58. The van der Waals surface area contributed by atoms with Crippen LogP contribution < -0.4 is 10.9 Å². The molecule has 0 radical (unpaired) electrons. The smallest absolute Gasteiger partial charge is 0.256 e. The van der Waals surface area contributed by atoms with Gasteiger partial charge in [0.05, 0.1) is 12.7 Å². The predicted octanol–water partition coefficient (Wildman–Crippen LogP) is 1.28. The highest BCUT2D eigenvalue weighted by Crippen LogP contribution is 2.08. The van der Waals surface area contributed by atoms with Crippen molar-refractivity contribution in [3.05, 3.63) is 50.3 Å². The third kappa shape index (κ3) is 3.54. The number of rotatable bonds is 5. The Morgan fingerprint density at radius 1 is 1.45 bits per heavy atom. The summed E-state index contributed by atoms with van der Waals surface area (Å²) in [5.74, 6) is -0.0303. The SMILES string of the molecule is Cc1ncn(CCNC(=O)Cc2cccs2)c(=O)c1C. The summed E-state index contributed by atoms with van der Waals surface area (Å²) in [6.45, 7) is 4.43. The number of amides is 1. The summed E-state index contributed by atoms with van der Waals surface area (Å²) in [7, 11) is 0. The van der Waals surface area contributed by atoms with Crippen LogP contribution in [-0.4, -0.2) is 22.0 Å². The molecule has 2 aromatic heterocycles. The van der Waals surface area contributed by atoms with Gasteiger partial charge in [-0.2, -0.15) is 0 Å². The molecule has 0 saturated heterocycles. The minimum atomic E-state index is -0.0509. The molecule has 1 amide bonds. The van der Waals surface area contributed by atoms with E-state index in [-0.39, 0.29) is 11.5 Å². The van der Waals surface area contributed by atoms with Crippen LogP contribution in [0.5, 0.6) is 0 Å².